The lowest BCUT2D eigenvalue weighted by atomic mass is 9.83. The molecule has 2 N–H and O–H groups in total. The molecule has 1 aliphatic carbocycles. The molecule has 102 valence electrons. The first kappa shape index (κ1) is 14.3. The van der Waals surface area contributed by atoms with Crippen molar-refractivity contribution in [3.05, 3.63) is 21.3 Å². The summed E-state index contributed by atoms with van der Waals surface area (Å²) in [5, 5.41) is 2.17. The third-order valence-electron chi connectivity index (χ3n) is 4.38. The van der Waals surface area contributed by atoms with Crippen LogP contribution in [0.4, 0.5) is 0 Å². The lowest BCUT2D eigenvalue weighted by Crippen LogP contribution is -2.44. The molecule has 2 nitrogen and oxygen atoms in total. The number of nitrogens with two attached hydrogens (primary N) is 1. The van der Waals surface area contributed by atoms with E-state index in [1.54, 1.807) is 11.3 Å². The maximum atomic E-state index is 6.03. The van der Waals surface area contributed by atoms with E-state index in [4.69, 9.17) is 17.3 Å². The van der Waals surface area contributed by atoms with Crippen LogP contribution in [0.25, 0.3) is 0 Å². The van der Waals surface area contributed by atoms with Crippen LogP contribution in [0, 0.1) is 5.92 Å². The van der Waals surface area contributed by atoms with Crippen LogP contribution < -0.4 is 5.73 Å². The van der Waals surface area contributed by atoms with Gasteiger partial charge in [-0.2, -0.15) is 0 Å². The van der Waals surface area contributed by atoms with E-state index in [0.717, 1.165) is 10.9 Å². The molecular weight excluding hydrogens is 264 g/mol. The lowest BCUT2D eigenvalue weighted by Gasteiger charge is -2.40. The van der Waals surface area contributed by atoms with E-state index < -0.39 is 0 Å². The zero-order valence-corrected chi connectivity index (χ0v) is 12.8. The first-order chi connectivity index (χ1) is 8.63. The van der Waals surface area contributed by atoms with Gasteiger partial charge >= 0.3 is 0 Å². The minimum Gasteiger partial charge on any atom is -0.330 e. The Morgan fingerprint density at radius 1 is 1.50 bits per heavy atom. The van der Waals surface area contributed by atoms with Gasteiger partial charge in [-0.3, -0.25) is 4.90 Å². The number of hydrogen-bond acceptors (Lipinski definition) is 3. The Morgan fingerprint density at radius 2 is 2.22 bits per heavy atom. The second kappa shape index (κ2) is 6.38. The highest BCUT2D eigenvalue weighted by molar-refractivity contribution is 7.14. The van der Waals surface area contributed by atoms with Gasteiger partial charge in [-0.1, -0.05) is 24.4 Å². The highest BCUT2D eigenvalue weighted by atomic mass is 35.5. The van der Waals surface area contributed by atoms with Crippen molar-refractivity contribution in [2.75, 3.05) is 13.6 Å². The molecule has 18 heavy (non-hydrogen) atoms. The Bertz CT molecular complexity index is 380. The van der Waals surface area contributed by atoms with Crippen LogP contribution in [0.15, 0.2) is 11.4 Å². The third-order valence-corrected chi connectivity index (χ3v) is 5.49. The lowest BCUT2D eigenvalue weighted by molar-refractivity contribution is 0.0991. The molecule has 4 heteroatoms. The van der Waals surface area contributed by atoms with Crippen molar-refractivity contribution >= 4 is 22.9 Å². The molecule has 0 aromatic carbocycles. The summed E-state index contributed by atoms with van der Waals surface area (Å²) in [5.41, 5.74) is 7.26. The van der Waals surface area contributed by atoms with E-state index in [1.165, 1.54) is 31.2 Å². The summed E-state index contributed by atoms with van der Waals surface area (Å²) in [5.74, 6) is 0.653. The molecule has 0 saturated heterocycles. The predicted octanol–water partition coefficient (Wildman–Crippen LogP) is 3.91. The highest BCUT2D eigenvalue weighted by Gasteiger charge is 2.30. The van der Waals surface area contributed by atoms with Gasteiger partial charge in [0, 0.05) is 12.1 Å². The van der Waals surface area contributed by atoms with Gasteiger partial charge in [0.25, 0.3) is 0 Å². The van der Waals surface area contributed by atoms with Crippen molar-refractivity contribution in [3.63, 3.8) is 0 Å². The summed E-state index contributed by atoms with van der Waals surface area (Å²) in [4.78, 5) is 2.50. The van der Waals surface area contributed by atoms with Gasteiger partial charge in [0.2, 0.25) is 0 Å². The zero-order chi connectivity index (χ0) is 13.1. The van der Waals surface area contributed by atoms with Gasteiger partial charge in [0.1, 0.15) is 0 Å². The summed E-state index contributed by atoms with van der Waals surface area (Å²) in [6.45, 7) is 3.08. The number of hydrogen-bond donors (Lipinski definition) is 1. The van der Waals surface area contributed by atoms with Gasteiger partial charge in [-0.25, -0.2) is 0 Å². The van der Waals surface area contributed by atoms with Crippen LogP contribution in [0.2, 0.25) is 4.34 Å². The summed E-state index contributed by atoms with van der Waals surface area (Å²) >= 11 is 7.65. The van der Waals surface area contributed by atoms with Crippen LogP contribution in [-0.2, 0) is 0 Å². The summed E-state index contributed by atoms with van der Waals surface area (Å²) in [6.07, 6.45) is 5.23. The Labute approximate surface area is 119 Å². The van der Waals surface area contributed by atoms with Gasteiger partial charge in [0.15, 0.2) is 0 Å². The quantitative estimate of drug-likeness (QED) is 0.909. The second-order valence-corrected chi connectivity index (χ2v) is 6.92. The highest BCUT2D eigenvalue weighted by Crippen LogP contribution is 2.34. The fraction of sp³-hybridized carbons (Fsp3) is 0.714. The molecule has 1 saturated carbocycles. The smallest absolute Gasteiger partial charge is 0.0931 e. The summed E-state index contributed by atoms with van der Waals surface area (Å²) < 4.78 is 0.879. The van der Waals surface area contributed by atoms with Crippen molar-refractivity contribution in [3.8, 4) is 0 Å². The van der Waals surface area contributed by atoms with Crippen molar-refractivity contribution in [1.29, 1.82) is 0 Å². The maximum Gasteiger partial charge on any atom is 0.0931 e. The standard InChI is InChI=1S/C14H23ClN2S/c1-10(12-7-14(15)18-9-12)17(2)13-6-4-3-5-11(13)8-16/h7,9-11,13H,3-6,8,16H2,1-2H3. The van der Waals surface area contributed by atoms with E-state index in [-0.39, 0.29) is 0 Å². The van der Waals surface area contributed by atoms with Gasteiger partial charge in [-0.05, 0) is 56.3 Å². The molecule has 0 aliphatic heterocycles. The molecular formula is C14H23ClN2S. The number of rotatable bonds is 4. The average Bonchev–Trinajstić information content (AvgIpc) is 2.83. The largest absolute Gasteiger partial charge is 0.330 e. The molecule has 0 spiro atoms. The number of nitrogens with zero attached hydrogens (tertiary/aromatic N) is 1. The Hall–Kier alpha value is -0.0900. The minimum absolute atomic E-state index is 0.422. The molecule has 1 fully saturated rings. The van der Waals surface area contributed by atoms with E-state index in [2.05, 4.69) is 30.3 Å². The average molecular weight is 287 g/mol. The van der Waals surface area contributed by atoms with Crippen LogP contribution in [-0.4, -0.2) is 24.5 Å². The van der Waals surface area contributed by atoms with Gasteiger partial charge in [0.05, 0.1) is 4.34 Å². The van der Waals surface area contributed by atoms with Gasteiger partial charge < -0.3 is 5.73 Å². The van der Waals surface area contributed by atoms with Crippen molar-refractivity contribution in [1.82, 2.24) is 4.90 Å². The Morgan fingerprint density at radius 3 is 2.83 bits per heavy atom. The van der Waals surface area contributed by atoms with Crippen molar-refractivity contribution in [2.45, 2.75) is 44.7 Å². The second-order valence-electron chi connectivity index (χ2n) is 5.37. The first-order valence-electron chi connectivity index (χ1n) is 6.79. The molecule has 3 atom stereocenters. The van der Waals surface area contributed by atoms with Crippen molar-refractivity contribution in [2.24, 2.45) is 11.7 Å². The number of halogens is 1. The van der Waals surface area contributed by atoms with Crippen LogP contribution in [0.1, 0.15) is 44.2 Å². The molecule has 1 heterocycles. The Balaban J connectivity index is 2.07. The first-order valence-corrected chi connectivity index (χ1v) is 8.05. The maximum absolute atomic E-state index is 6.03. The molecule has 2 rings (SSSR count). The SMILES string of the molecule is CC(c1csc(Cl)c1)N(C)C1CCCCC1CN. The van der Waals surface area contributed by atoms with Crippen LogP contribution >= 0.6 is 22.9 Å². The molecule has 1 aliphatic rings. The summed E-state index contributed by atoms with van der Waals surface area (Å²) in [6, 6.07) is 3.14. The zero-order valence-electron chi connectivity index (χ0n) is 11.2. The fourth-order valence-corrected chi connectivity index (χ4v) is 4.04. The van der Waals surface area contributed by atoms with E-state index >= 15 is 0 Å². The predicted molar refractivity (Wildman–Crippen MR) is 80.3 cm³/mol. The number of thiophene rings is 1. The molecule has 0 bridgehead atoms. The van der Waals surface area contributed by atoms with Crippen LogP contribution in [0.3, 0.4) is 0 Å². The van der Waals surface area contributed by atoms with Gasteiger partial charge in [-0.15, -0.1) is 11.3 Å². The topological polar surface area (TPSA) is 29.3 Å². The molecule has 3 unspecified atom stereocenters. The Kier molecular flexibility index (Phi) is 5.07. The van der Waals surface area contributed by atoms with Crippen molar-refractivity contribution < 1.29 is 0 Å². The van der Waals surface area contributed by atoms with Crippen LogP contribution in [0.5, 0.6) is 0 Å². The summed E-state index contributed by atoms with van der Waals surface area (Å²) in [7, 11) is 2.23. The fourth-order valence-electron chi connectivity index (χ4n) is 3.06. The minimum atomic E-state index is 0.422. The third kappa shape index (κ3) is 3.08. The van der Waals surface area contributed by atoms with E-state index in [0.29, 0.717) is 18.0 Å². The molecule has 0 radical (unpaired) electrons. The normalized spacial score (nSPS) is 26.5. The van der Waals surface area contributed by atoms with E-state index in [1.807, 2.05) is 0 Å². The van der Waals surface area contributed by atoms with E-state index in [9.17, 15) is 0 Å². The molecule has 0 amide bonds. The molecule has 1 aromatic rings. The molecule has 1 aromatic heterocycles. The monoisotopic (exact) mass is 286 g/mol.